The third kappa shape index (κ3) is 4.05. The molecule has 5 heterocycles. The fourth-order valence-electron chi connectivity index (χ4n) is 5.53. The number of anilines is 1. The van der Waals surface area contributed by atoms with Crippen LogP contribution in [0.2, 0.25) is 0 Å². The molecule has 2 N–H and O–H groups in total. The topological polar surface area (TPSA) is 76.6 Å². The summed E-state index contributed by atoms with van der Waals surface area (Å²) in [5, 5.41) is 15.6. The fraction of sp³-hybridized carbons (Fsp3) is 0.762. The SMILES string of the molecule is CN1C[C@@H]2CN(c3cc4c(nn3)CCN(C(=O)NCC[C@H]3CCCN3)C4)C[C@@H]2C1. The minimum Gasteiger partial charge on any atom is -0.354 e. The molecule has 0 unspecified atom stereocenters. The molecule has 8 heteroatoms. The van der Waals surface area contributed by atoms with Crippen molar-refractivity contribution in [2.24, 2.45) is 11.8 Å². The Morgan fingerprint density at radius 3 is 2.83 bits per heavy atom. The van der Waals surface area contributed by atoms with Gasteiger partial charge in [0.1, 0.15) is 0 Å². The number of rotatable bonds is 4. The lowest BCUT2D eigenvalue weighted by Crippen LogP contribution is -2.44. The van der Waals surface area contributed by atoms with Crippen LogP contribution in [0.5, 0.6) is 0 Å². The summed E-state index contributed by atoms with van der Waals surface area (Å²) in [6, 6.07) is 2.79. The molecule has 4 aliphatic heterocycles. The van der Waals surface area contributed by atoms with Crippen molar-refractivity contribution in [2.75, 3.05) is 57.8 Å². The van der Waals surface area contributed by atoms with Crippen LogP contribution in [0.15, 0.2) is 6.07 Å². The van der Waals surface area contributed by atoms with Gasteiger partial charge in [-0.1, -0.05) is 0 Å². The van der Waals surface area contributed by atoms with Gasteiger partial charge >= 0.3 is 6.03 Å². The molecule has 3 saturated heterocycles. The van der Waals surface area contributed by atoms with Crippen molar-refractivity contribution in [3.8, 4) is 0 Å². The van der Waals surface area contributed by atoms with Gasteiger partial charge in [-0.3, -0.25) is 0 Å². The number of nitrogens with zero attached hydrogens (tertiary/aromatic N) is 5. The quantitative estimate of drug-likeness (QED) is 0.776. The molecule has 1 aromatic heterocycles. The molecule has 4 aliphatic rings. The lowest BCUT2D eigenvalue weighted by molar-refractivity contribution is 0.191. The number of carbonyl (C=O) groups is 1. The average molecular weight is 400 g/mol. The molecule has 5 rings (SSSR count). The van der Waals surface area contributed by atoms with Gasteiger partial charge in [-0.25, -0.2) is 4.79 Å². The van der Waals surface area contributed by atoms with E-state index in [-0.39, 0.29) is 6.03 Å². The molecule has 0 aromatic carbocycles. The maximum Gasteiger partial charge on any atom is 0.317 e. The third-order valence-corrected chi connectivity index (χ3v) is 7.14. The van der Waals surface area contributed by atoms with Gasteiger partial charge in [0.05, 0.1) is 5.69 Å². The average Bonchev–Trinajstić information content (AvgIpc) is 3.44. The first-order valence-corrected chi connectivity index (χ1v) is 11.2. The van der Waals surface area contributed by atoms with E-state index in [1.54, 1.807) is 0 Å². The molecule has 158 valence electrons. The van der Waals surface area contributed by atoms with Gasteiger partial charge < -0.3 is 25.3 Å². The predicted molar refractivity (Wildman–Crippen MR) is 112 cm³/mol. The molecular formula is C21H33N7O. The molecule has 0 spiro atoms. The van der Waals surface area contributed by atoms with Gasteiger partial charge in [0.2, 0.25) is 0 Å². The van der Waals surface area contributed by atoms with Crippen molar-refractivity contribution >= 4 is 11.8 Å². The summed E-state index contributed by atoms with van der Waals surface area (Å²) < 4.78 is 0. The molecule has 0 bridgehead atoms. The van der Waals surface area contributed by atoms with Crippen molar-refractivity contribution in [2.45, 2.75) is 38.3 Å². The Bertz CT molecular complexity index is 737. The summed E-state index contributed by atoms with van der Waals surface area (Å²) in [5.74, 6) is 2.47. The van der Waals surface area contributed by atoms with Crippen LogP contribution in [0.1, 0.15) is 30.5 Å². The standard InChI is InChI=1S/C21H33N7O/c1-26-10-16-13-28(14-17(16)11-26)20-9-15-12-27(8-5-19(15)24-25-20)21(29)23-7-4-18-3-2-6-22-18/h9,16-18,22H,2-8,10-14H2,1H3,(H,23,29)/t16-,17+,18-/m1/s1. The van der Waals surface area contributed by atoms with E-state index >= 15 is 0 Å². The smallest absolute Gasteiger partial charge is 0.317 e. The Hall–Kier alpha value is -1.93. The Labute approximate surface area is 173 Å². The second kappa shape index (κ2) is 8.07. The minimum absolute atomic E-state index is 0.0470. The van der Waals surface area contributed by atoms with E-state index in [4.69, 9.17) is 0 Å². The molecule has 8 nitrogen and oxygen atoms in total. The number of fused-ring (bicyclic) bond motifs is 2. The normalized spacial score (nSPS) is 29.2. The fourth-order valence-corrected chi connectivity index (χ4v) is 5.53. The monoisotopic (exact) mass is 399 g/mol. The number of hydrogen-bond donors (Lipinski definition) is 2. The molecule has 3 atom stereocenters. The van der Waals surface area contributed by atoms with Crippen molar-refractivity contribution in [1.29, 1.82) is 0 Å². The summed E-state index contributed by atoms with van der Waals surface area (Å²) in [5.41, 5.74) is 2.20. The molecular weight excluding hydrogens is 366 g/mol. The van der Waals surface area contributed by atoms with Crippen molar-refractivity contribution in [1.82, 2.24) is 30.6 Å². The van der Waals surface area contributed by atoms with Gasteiger partial charge in [0.25, 0.3) is 0 Å². The van der Waals surface area contributed by atoms with Crippen LogP contribution in [0, 0.1) is 11.8 Å². The highest BCUT2D eigenvalue weighted by Gasteiger charge is 2.39. The molecule has 29 heavy (non-hydrogen) atoms. The van der Waals surface area contributed by atoms with Gasteiger partial charge in [0.15, 0.2) is 5.82 Å². The van der Waals surface area contributed by atoms with Crippen LogP contribution in [-0.4, -0.2) is 84.9 Å². The summed E-state index contributed by atoms with van der Waals surface area (Å²) in [7, 11) is 2.21. The number of urea groups is 1. The number of hydrogen-bond acceptors (Lipinski definition) is 6. The first-order chi connectivity index (χ1) is 14.2. The molecule has 3 fully saturated rings. The van der Waals surface area contributed by atoms with Crippen molar-refractivity contribution in [3.63, 3.8) is 0 Å². The summed E-state index contributed by atoms with van der Waals surface area (Å²) in [4.78, 5) is 19.4. The molecule has 0 saturated carbocycles. The van der Waals surface area contributed by atoms with Crippen LogP contribution in [0.25, 0.3) is 0 Å². The Kier molecular flexibility index (Phi) is 5.30. The van der Waals surface area contributed by atoms with Gasteiger partial charge in [-0.05, 0) is 56.3 Å². The van der Waals surface area contributed by atoms with Crippen LogP contribution in [0.4, 0.5) is 10.6 Å². The second-order valence-corrected chi connectivity index (χ2v) is 9.31. The Balaban J connectivity index is 1.17. The van der Waals surface area contributed by atoms with Crippen LogP contribution in [-0.2, 0) is 13.0 Å². The summed E-state index contributed by atoms with van der Waals surface area (Å²) in [6.07, 6.45) is 4.28. The largest absolute Gasteiger partial charge is 0.354 e. The highest BCUT2D eigenvalue weighted by atomic mass is 16.2. The highest BCUT2D eigenvalue weighted by molar-refractivity contribution is 5.74. The lowest BCUT2D eigenvalue weighted by Gasteiger charge is -2.29. The lowest BCUT2D eigenvalue weighted by atomic mass is 10.0. The van der Waals surface area contributed by atoms with Crippen LogP contribution in [0.3, 0.4) is 0 Å². The third-order valence-electron chi connectivity index (χ3n) is 7.14. The first kappa shape index (κ1) is 19.1. The zero-order chi connectivity index (χ0) is 19.8. The molecule has 2 amide bonds. The maximum atomic E-state index is 12.6. The Morgan fingerprint density at radius 2 is 2.07 bits per heavy atom. The molecule has 0 aliphatic carbocycles. The Morgan fingerprint density at radius 1 is 1.24 bits per heavy atom. The summed E-state index contributed by atoms with van der Waals surface area (Å²) in [6.45, 7) is 7.71. The van der Waals surface area contributed by atoms with E-state index < -0.39 is 0 Å². The van der Waals surface area contributed by atoms with Gasteiger partial charge in [-0.2, -0.15) is 5.10 Å². The number of carbonyl (C=O) groups excluding carboxylic acids is 1. The molecule has 1 aromatic rings. The number of aromatic nitrogens is 2. The zero-order valence-electron chi connectivity index (χ0n) is 17.4. The highest BCUT2D eigenvalue weighted by Crippen LogP contribution is 2.33. The van der Waals surface area contributed by atoms with E-state index in [1.807, 2.05) is 4.90 Å². The number of amides is 2. The molecule has 0 radical (unpaired) electrons. The first-order valence-electron chi connectivity index (χ1n) is 11.2. The van der Waals surface area contributed by atoms with E-state index in [1.165, 1.54) is 25.9 Å². The van der Waals surface area contributed by atoms with E-state index in [0.717, 1.165) is 67.9 Å². The van der Waals surface area contributed by atoms with Gasteiger partial charge in [-0.15, -0.1) is 5.10 Å². The zero-order valence-corrected chi connectivity index (χ0v) is 17.4. The number of likely N-dealkylation sites (tertiary alicyclic amines) is 1. The number of nitrogens with one attached hydrogen (secondary N) is 2. The summed E-state index contributed by atoms with van der Waals surface area (Å²) >= 11 is 0. The maximum absolute atomic E-state index is 12.6. The second-order valence-electron chi connectivity index (χ2n) is 9.31. The minimum atomic E-state index is 0.0470. The van der Waals surface area contributed by atoms with E-state index in [9.17, 15) is 4.79 Å². The van der Waals surface area contributed by atoms with Crippen molar-refractivity contribution < 1.29 is 4.79 Å². The van der Waals surface area contributed by atoms with Gasteiger partial charge in [0, 0.05) is 58.3 Å². The van der Waals surface area contributed by atoms with Crippen LogP contribution < -0.4 is 15.5 Å². The van der Waals surface area contributed by atoms with E-state index in [0.29, 0.717) is 19.1 Å². The van der Waals surface area contributed by atoms with Crippen LogP contribution >= 0.6 is 0 Å². The van der Waals surface area contributed by atoms with Crippen molar-refractivity contribution in [3.05, 3.63) is 17.3 Å². The predicted octanol–water partition coefficient (Wildman–Crippen LogP) is 0.684. The van der Waals surface area contributed by atoms with E-state index in [2.05, 4.69) is 43.7 Å².